The van der Waals surface area contributed by atoms with Crippen LogP contribution in [0.2, 0.25) is 0 Å². The van der Waals surface area contributed by atoms with Gasteiger partial charge in [-0.2, -0.15) is 0 Å². The lowest BCUT2D eigenvalue weighted by Crippen LogP contribution is -2.50. The Balaban J connectivity index is 1.88. The van der Waals surface area contributed by atoms with Gasteiger partial charge in [0.05, 0.1) is 0 Å². The number of rotatable bonds is 4. The predicted molar refractivity (Wildman–Crippen MR) is 74.0 cm³/mol. The lowest BCUT2D eigenvalue weighted by Gasteiger charge is -2.33. The second-order valence-electron chi connectivity index (χ2n) is 4.37. The number of halogens is 1. The van der Waals surface area contributed by atoms with Gasteiger partial charge in [0.1, 0.15) is 0 Å². The van der Waals surface area contributed by atoms with Crippen molar-refractivity contribution in [3.8, 4) is 0 Å². The fraction of sp³-hybridized carbons (Fsp3) is 0.667. The minimum Gasteiger partial charge on any atom is -0.311 e. The SMILES string of the molecule is CCCC1CN(Cc2sccc2Br)CCN1. The number of nitrogens with zero attached hydrogens (tertiary/aromatic N) is 1. The summed E-state index contributed by atoms with van der Waals surface area (Å²) in [5.41, 5.74) is 0. The van der Waals surface area contributed by atoms with Gasteiger partial charge < -0.3 is 5.32 Å². The van der Waals surface area contributed by atoms with Gasteiger partial charge in [0.15, 0.2) is 0 Å². The molecule has 90 valence electrons. The number of piperazine rings is 1. The minimum absolute atomic E-state index is 0.692. The largest absolute Gasteiger partial charge is 0.311 e. The molecule has 1 aliphatic rings. The van der Waals surface area contributed by atoms with Crippen LogP contribution >= 0.6 is 27.3 Å². The first-order valence-electron chi connectivity index (χ1n) is 5.97. The topological polar surface area (TPSA) is 15.3 Å². The highest BCUT2D eigenvalue weighted by atomic mass is 79.9. The van der Waals surface area contributed by atoms with E-state index in [9.17, 15) is 0 Å². The Morgan fingerprint density at radius 1 is 1.62 bits per heavy atom. The van der Waals surface area contributed by atoms with E-state index in [-0.39, 0.29) is 0 Å². The van der Waals surface area contributed by atoms with Crippen LogP contribution in [0, 0.1) is 0 Å². The normalized spacial score (nSPS) is 22.5. The molecule has 2 rings (SSSR count). The van der Waals surface area contributed by atoms with Crippen LogP contribution in [0.15, 0.2) is 15.9 Å². The Labute approximate surface area is 110 Å². The van der Waals surface area contributed by atoms with Gasteiger partial charge in [-0.25, -0.2) is 0 Å². The van der Waals surface area contributed by atoms with Crippen molar-refractivity contribution in [2.45, 2.75) is 32.4 Å². The molecule has 0 aromatic carbocycles. The van der Waals surface area contributed by atoms with E-state index in [1.165, 1.54) is 35.3 Å². The van der Waals surface area contributed by atoms with Crippen LogP contribution < -0.4 is 5.32 Å². The van der Waals surface area contributed by atoms with E-state index in [4.69, 9.17) is 0 Å². The van der Waals surface area contributed by atoms with Crippen LogP contribution in [-0.4, -0.2) is 30.6 Å². The van der Waals surface area contributed by atoms with Crippen LogP contribution in [0.5, 0.6) is 0 Å². The standard InChI is InChI=1S/C12H19BrN2S/c1-2-3-10-8-15(6-5-14-10)9-12-11(13)4-7-16-12/h4,7,10,14H,2-3,5-6,8-9H2,1H3. The summed E-state index contributed by atoms with van der Waals surface area (Å²) in [6, 6.07) is 2.84. The van der Waals surface area contributed by atoms with Crippen molar-refractivity contribution in [3.63, 3.8) is 0 Å². The van der Waals surface area contributed by atoms with Crippen molar-refractivity contribution in [1.29, 1.82) is 0 Å². The molecule has 1 aliphatic heterocycles. The zero-order valence-electron chi connectivity index (χ0n) is 9.71. The zero-order valence-corrected chi connectivity index (χ0v) is 12.1. The molecule has 16 heavy (non-hydrogen) atoms. The van der Waals surface area contributed by atoms with E-state index in [1.54, 1.807) is 0 Å². The van der Waals surface area contributed by atoms with Crippen molar-refractivity contribution in [3.05, 3.63) is 20.8 Å². The zero-order chi connectivity index (χ0) is 11.4. The van der Waals surface area contributed by atoms with E-state index >= 15 is 0 Å². The van der Waals surface area contributed by atoms with Gasteiger partial charge in [-0.05, 0) is 33.8 Å². The molecule has 0 aliphatic carbocycles. The Kier molecular flexibility index (Phi) is 4.82. The maximum Gasteiger partial charge on any atom is 0.0340 e. The van der Waals surface area contributed by atoms with Crippen LogP contribution in [0.3, 0.4) is 0 Å². The molecule has 0 spiro atoms. The second-order valence-corrected chi connectivity index (χ2v) is 6.22. The molecule has 1 aromatic rings. The van der Waals surface area contributed by atoms with Gasteiger partial charge in [0, 0.05) is 41.6 Å². The fourth-order valence-electron chi connectivity index (χ4n) is 2.22. The van der Waals surface area contributed by atoms with Crippen molar-refractivity contribution < 1.29 is 0 Å². The first-order valence-corrected chi connectivity index (χ1v) is 7.64. The van der Waals surface area contributed by atoms with E-state index in [1.807, 2.05) is 11.3 Å². The molecule has 1 unspecified atom stereocenters. The number of hydrogen-bond acceptors (Lipinski definition) is 3. The van der Waals surface area contributed by atoms with Gasteiger partial charge in [-0.3, -0.25) is 4.90 Å². The average Bonchev–Trinajstić information content (AvgIpc) is 2.66. The molecule has 0 bridgehead atoms. The molecular weight excluding hydrogens is 284 g/mol. The Hall–Kier alpha value is 0.1000. The molecule has 0 saturated carbocycles. The third kappa shape index (κ3) is 3.29. The summed E-state index contributed by atoms with van der Waals surface area (Å²) >= 11 is 5.46. The fourth-order valence-corrected chi connectivity index (χ4v) is 3.74. The molecule has 4 heteroatoms. The Morgan fingerprint density at radius 2 is 2.50 bits per heavy atom. The summed E-state index contributed by atoms with van der Waals surface area (Å²) in [4.78, 5) is 4.02. The van der Waals surface area contributed by atoms with Crippen molar-refractivity contribution in [1.82, 2.24) is 10.2 Å². The number of thiophene rings is 1. The molecule has 1 fully saturated rings. The molecule has 1 atom stereocenters. The molecular formula is C12H19BrN2S. The van der Waals surface area contributed by atoms with E-state index in [2.05, 4.69) is 44.5 Å². The minimum atomic E-state index is 0.692. The number of hydrogen-bond donors (Lipinski definition) is 1. The van der Waals surface area contributed by atoms with Gasteiger partial charge in [0.25, 0.3) is 0 Å². The highest BCUT2D eigenvalue weighted by molar-refractivity contribution is 9.10. The van der Waals surface area contributed by atoms with Gasteiger partial charge in [0.2, 0.25) is 0 Å². The molecule has 2 heterocycles. The highest BCUT2D eigenvalue weighted by Gasteiger charge is 2.19. The molecule has 1 saturated heterocycles. The number of nitrogens with one attached hydrogen (secondary N) is 1. The third-order valence-corrected chi connectivity index (χ3v) is 4.95. The third-order valence-electron chi connectivity index (χ3n) is 3.04. The summed E-state index contributed by atoms with van der Waals surface area (Å²) in [5.74, 6) is 0. The first-order chi connectivity index (χ1) is 7.79. The maximum atomic E-state index is 3.61. The Morgan fingerprint density at radius 3 is 3.19 bits per heavy atom. The molecule has 0 amide bonds. The summed E-state index contributed by atoms with van der Waals surface area (Å²) in [6.07, 6.45) is 2.57. The lowest BCUT2D eigenvalue weighted by atomic mass is 10.1. The highest BCUT2D eigenvalue weighted by Crippen LogP contribution is 2.24. The maximum absolute atomic E-state index is 3.61. The summed E-state index contributed by atoms with van der Waals surface area (Å²) in [5, 5.41) is 5.75. The van der Waals surface area contributed by atoms with Crippen LogP contribution in [-0.2, 0) is 6.54 Å². The smallest absolute Gasteiger partial charge is 0.0340 e. The van der Waals surface area contributed by atoms with Crippen molar-refractivity contribution >= 4 is 27.3 Å². The van der Waals surface area contributed by atoms with Crippen molar-refractivity contribution in [2.24, 2.45) is 0 Å². The predicted octanol–water partition coefficient (Wildman–Crippen LogP) is 3.08. The van der Waals surface area contributed by atoms with Crippen molar-refractivity contribution in [2.75, 3.05) is 19.6 Å². The van der Waals surface area contributed by atoms with E-state index in [0.717, 1.165) is 13.1 Å². The van der Waals surface area contributed by atoms with Crippen LogP contribution in [0.4, 0.5) is 0 Å². The van der Waals surface area contributed by atoms with Crippen LogP contribution in [0.25, 0.3) is 0 Å². The lowest BCUT2D eigenvalue weighted by molar-refractivity contribution is 0.188. The molecule has 1 aromatic heterocycles. The van der Waals surface area contributed by atoms with Gasteiger partial charge in [-0.1, -0.05) is 13.3 Å². The van der Waals surface area contributed by atoms with Crippen LogP contribution in [0.1, 0.15) is 24.6 Å². The summed E-state index contributed by atoms with van der Waals surface area (Å²) < 4.78 is 1.27. The molecule has 1 N–H and O–H groups in total. The van der Waals surface area contributed by atoms with Gasteiger partial charge in [-0.15, -0.1) is 11.3 Å². The first kappa shape index (κ1) is 12.6. The quantitative estimate of drug-likeness (QED) is 0.919. The molecule has 0 radical (unpaired) electrons. The second kappa shape index (κ2) is 6.15. The summed E-state index contributed by atoms with van der Waals surface area (Å²) in [7, 11) is 0. The average molecular weight is 303 g/mol. The van der Waals surface area contributed by atoms with E-state index in [0.29, 0.717) is 6.04 Å². The molecule has 2 nitrogen and oxygen atoms in total. The van der Waals surface area contributed by atoms with Gasteiger partial charge >= 0.3 is 0 Å². The van der Waals surface area contributed by atoms with E-state index < -0.39 is 0 Å². The Bertz CT molecular complexity index is 325. The summed E-state index contributed by atoms with van der Waals surface area (Å²) in [6.45, 7) is 6.85. The monoisotopic (exact) mass is 302 g/mol.